The average molecular weight is 221 g/mol. The molecule has 0 bridgehead atoms. The lowest BCUT2D eigenvalue weighted by molar-refractivity contribution is -0.135. The molecule has 0 unspecified atom stereocenters. The monoisotopic (exact) mass is 221 g/mol. The van der Waals surface area contributed by atoms with Crippen LogP contribution in [0.15, 0.2) is 0 Å². The molecule has 16 heavy (non-hydrogen) atoms. The molecule has 2 rings (SSSR count). The average Bonchev–Trinajstić information content (AvgIpc) is 2.50. The topological polar surface area (TPSA) is 49.0 Å². The highest BCUT2D eigenvalue weighted by Crippen LogP contribution is 2.20. The van der Waals surface area contributed by atoms with E-state index in [1.165, 1.54) is 11.3 Å². The van der Waals surface area contributed by atoms with Crippen LogP contribution in [0.2, 0.25) is 0 Å². The van der Waals surface area contributed by atoms with Crippen molar-refractivity contribution in [2.24, 2.45) is 5.92 Å². The van der Waals surface area contributed by atoms with Gasteiger partial charge < -0.3 is 4.90 Å². The molecule has 0 aromatic carbocycles. The summed E-state index contributed by atoms with van der Waals surface area (Å²) in [5.41, 5.74) is 3.45. The van der Waals surface area contributed by atoms with Crippen molar-refractivity contribution in [1.29, 1.82) is 0 Å². The molecule has 1 aromatic heterocycles. The lowest BCUT2D eigenvalue weighted by atomic mass is 10.1. The minimum atomic E-state index is 0.0776. The molecule has 0 fully saturated rings. The predicted octanol–water partition coefficient (Wildman–Crippen LogP) is 1.65. The molecule has 1 aliphatic heterocycles. The number of amides is 1. The summed E-state index contributed by atoms with van der Waals surface area (Å²) in [7, 11) is 0. The molecule has 1 amide bonds. The molecule has 1 aliphatic rings. The highest BCUT2D eigenvalue weighted by atomic mass is 16.2. The third-order valence-electron chi connectivity index (χ3n) is 3.17. The lowest BCUT2D eigenvalue weighted by Gasteiger charge is -2.22. The van der Waals surface area contributed by atoms with Crippen molar-refractivity contribution in [1.82, 2.24) is 15.1 Å². The number of carbonyl (C=O) groups is 1. The Hall–Kier alpha value is -1.32. The van der Waals surface area contributed by atoms with Gasteiger partial charge in [-0.2, -0.15) is 5.10 Å². The summed E-state index contributed by atoms with van der Waals surface area (Å²) in [6.45, 7) is 7.49. The summed E-state index contributed by atoms with van der Waals surface area (Å²) in [6.07, 6.45) is 2.02. The van der Waals surface area contributed by atoms with Gasteiger partial charge in [0.05, 0.1) is 5.69 Å². The summed E-state index contributed by atoms with van der Waals surface area (Å²) < 4.78 is 0. The first kappa shape index (κ1) is 11.2. The number of hydrogen-bond acceptors (Lipinski definition) is 2. The third-order valence-corrected chi connectivity index (χ3v) is 3.17. The molecule has 1 aromatic rings. The third kappa shape index (κ3) is 1.96. The van der Waals surface area contributed by atoms with Crippen LogP contribution in [0.3, 0.4) is 0 Å². The van der Waals surface area contributed by atoms with Crippen LogP contribution >= 0.6 is 0 Å². The van der Waals surface area contributed by atoms with Crippen molar-refractivity contribution >= 4 is 5.91 Å². The van der Waals surface area contributed by atoms with Crippen molar-refractivity contribution in [3.8, 4) is 0 Å². The van der Waals surface area contributed by atoms with Crippen LogP contribution in [0.1, 0.15) is 37.2 Å². The fraction of sp³-hybridized carbons (Fsp3) is 0.667. The van der Waals surface area contributed by atoms with Gasteiger partial charge >= 0.3 is 0 Å². The van der Waals surface area contributed by atoms with Crippen LogP contribution in [-0.4, -0.2) is 27.5 Å². The quantitative estimate of drug-likeness (QED) is 0.784. The van der Waals surface area contributed by atoms with E-state index in [0.717, 1.165) is 25.1 Å². The predicted molar refractivity (Wildman–Crippen MR) is 61.9 cm³/mol. The van der Waals surface area contributed by atoms with E-state index < -0.39 is 0 Å². The number of nitrogens with zero attached hydrogens (tertiary/aromatic N) is 2. The number of nitrogens with one attached hydrogen (secondary N) is 1. The normalized spacial score (nSPS) is 16.1. The fourth-order valence-corrected chi connectivity index (χ4v) is 2.19. The Kier molecular flexibility index (Phi) is 2.99. The molecule has 4 heteroatoms. The number of fused-ring (bicyclic) bond motifs is 1. The number of aryl methyl sites for hydroxylation is 2. The summed E-state index contributed by atoms with van der Waals surface area (Å²) in [4.78, 5) is 13.9. The van der Waals surface area contributed by atoms with Gasteiger partial charge in [0.2, 0.25) is 5.91 Å². The van der Waals surface area contributed by atoms with Gasteiger partial charge in [-0.05, 0) is 19.8 Å². The molecular weight excluding hydrogens is 202 g/mol. The minimum Gasteiger partial charge on any atom is -0.338 e. The maximum atomic E-state index is 12.0. The Bertz CT molecular complexity index is 395. The maximum absolute atomic E-state index is 12.0. The molecule has 88 valence electrons. The number of rotatable bonds is 1. The summed E-state index contributed by atoms with van der Waals surface area (Å²) in [5, 5.41) is 7.28. The molecule has 0 spiro atoms. The molecule has 0 atom stereocenters. The lowest BCUT2D eigenvalue weighted by Crippen LogP contribution is -2.34. The van der Waals surface area contributed by atoms with E-state index in [4.69, 9.17) is 0 Å². The first-order valence-corrected chi connectivity index (χ1v) is 5.91. The van der Waals surface area contributed by atoms with E-state index in [-0.39, 0.29) is 11.8 Å². The highest BCUT2D eigenvalue weighted by Gasteiger charge is 2.23. The van der Waals surface area contributed by atoms with Crippen LogP contribution in [0, 0.1) is 12.8 Å². The highest BCUT2D eigenvalue weighted by molar-refractivity contribution is 5.78. The summed E-state index contributed by atoms with van der Waals surface area (Å²) in [6, 6.07) is 0. The SMILES string of the molecule is Cc1n[nH]c2c1CN(C(=O)C(C)C)CCC2. The first-order valence-electron chi connectivity index (χ1n) is 5.91. The zero-order chi connectivity index (χ0) is 11.7. The Morgan fingerprint density at radius 2 is 2.25 bits per heavy atom. The zero-order valence-corrected chi connectivity index (χ0v) is 10.2. The Balaban J connectivity index is 2.22. The Labute approximate surface area is 96.0 Å². The second kappa shape index (κ2) is 4.28. The van der Waals surface area contributed by atoms with Gasteiger partial charge in [0.25, 0.3) is 0 Å². The smallest absolute Gasteiger partial charge is 0.225 e. The van der Waals surface area contributed by atoms with Crippen molar-refractivity contribution in [2.75, 3.05) is 6.54 Å². The van der Waals surface area contributed by atoms with Gasteiger partial charge in [-0.1, -0.05) is 13.8 Å². The first-order chi connectivity index (χ1) is 7.59. The van der Waals surface area contributed by atoms with Gasteiger partial charge in [0, 0.05) is 30.3 Å². The van der Waals surface area contributed by atoms with Crippen LogP contribution in [-0.2, 0) is 17.8 Å². The fourth-order valence-electron chi connectivity index (χ4n) is 2.19. The van der Waals surface area contributed by atoms with Crippen LogP contribution in [0.4, 0.5) is 0 Å². The molecule has 0 aliphatic carbocycles. The summed E-state index contributed by atoms with van der Waals surface area (Å²) >= 11 is 0. The van der Waals surface area contributed by atoms with Gasteiger partial charge in [-0.3, -0.25) is 9.89 Å². The molecule has 1 N–H and O–H groups in total. The second-order valence-corrected chi connectivity index (χ2v) is 4.78. The molecule has 2 heterocycles. The number of carbonyl (C=O) groups excluding carboxylic acids is 1. The summed E-state index contributed by atoms with van der Waals surface area (Å²) in [5.74, 6) is 0.321. The number of hydrogen-bond donors (Lipinski definition) is 1. The van der Waals surface area contributed by atoms with Crippen molar-refractivity contribution in [3.63, 3.8) is 0 Å². The minimum absolute atomic E-state index is 0.0776. The molecule has 0 radical (unpaired) electrons. The van der Waals surface area contributed by atoms with E-state index in [2.05, 4.69) is 10.2 Å². The second-order valence-electron chi connectivity index (χ2n) is 4.78. The van der Waals surface area contributed by atoms with Crippen molar-refractivity contribution in [2.45, 2.75) is 40.2 Å². The van der Waals surface area contributed by atoms with Crippen LogP contribution < -0.4 is 0 Å². The van der Waals surface area contributed by atoms with Gasteiger partial charge in [0.1, 0.15) is 0 Å². The Morgan fingerprint density at radius 1 is 1.50 bits per heavy atom. The van der Waals surface area contributed by atoms with Crippen LogP contribution in [0.25, 0.3) is 0 Å². The van der Waals surface area contributed by atoms with E-state index in [1.807, 2.05) is 25.7 Å². The zero-order valence-electron chi connectivity index (χ0n) is 10.2. The van der Waals surface area contributed by atoms with Gasteiger partial charge in [-0.15, -0.1) is 0 Å². The Morgan fingerprint density at radius 3 is 2.94 bits per heavy atom. The van der Waals surface area contributed by atoms with Crippen molar-refractivity contribution < 1.29 is 4.79 Å². The van der Waals surface area contributed by atoms with E-state index in [9.17, 15) is 4.79 Å². The molecular formula is C12H19N3O. The largest absolute Gasteiger partial charge is 0.338 e. The number of aromatic amines is 1. The molecule has 4 nitrogen and oxygen atoms in total. The standard InChI is InChI=1S/C12H19N3O/c1-8(2)12(16)15-6-4-5-11-10(7-15)9(3)13-14-11/h8H,4-7H2,1-3H3,(H,13,14). The number of H-pyrrole nitrogens is 1. The van der Waals surface area contributed by atoms with Gasteiger partial charge in [-0.25, -0.2) is 0 Å². The molecule has 0 saturated carbocycles. The van der Waals surface area contributed by atoms with Gasteiger partial charge in [0.15, 0.2) is 0 Å². The van der Waals surface area contributed by atoms with Crippen LogP contribution in [0.5, 0.6) is 0 Å². The molecule has 0 saturated heterocycles. The van der Waals surface area contributed by atoms with E-state index in [0.29, 0.717) is 6.54 Å². The van der Waals surface area contributed by atoms with Crippen molar-refractivity contribution in [3.05, 3.63) is 17.0 Å². The van der Waals surface area contributed by atoms with E-state index in [1.54, 1.807) is 0 Å². The maximum Gasteiger partial charge on any atom is 0.225 e. The number of aromatic nitrogens is 2. The van der Waals surface area contributed by atoms with E-state index >= 15 is 0 Å².